The summed E-state index contributed by atoms with van der Waals surface area (Å²) >= 11 is 0. The molecule has 142 valence electrons. The zero-order chi connectivity index (χ0) is 18.0. The maximum absolute atomic E-state index is 10.5. The Morgan fingerprint density at radius 3 is 2.04 bits per heavy atom. The lowest BCUT2D eigenvalue weighted by Gasteiger charge is -2.60. The molecule has 0 aromatic rings. The molecule has 0 radical (unpaired) electrons. The van der Waals surface area contributed by atoms with Gasteiger partial charge in [0.05, 0.1) is 6.10 Å². The van der Waals surface area contributed by atoms with Gasteiger partial charge in [0.1, 0.15) is 0 Å². The summed E-state index contributed by atoms with van der Waals surface area (Å²) < 4.78 is 0. The van der Waals surface area contributed by atoms with E-state index in [1.165, 1.54) is 57.8 Å². The molecule has 4 rings (SSSR count). The number of hydrogen-bond donors (Lipinski definition) is 1. The van der Waals surface area contributed by atoms with Crippen LogP contribution in [0.15, 0.2) is 0 Å². The smallest absolute Gasteiger partial charge is 0.0596 e. The Bertz CT molecular complexity index is 391. The molecule has 4 aliphatic carbocycles. The van der Waals surface area contributed by atoms with Crippen molar-refractivity contribution in [1.82, 2.24) is 0 Å². The van der Waals surface area contributed by atoms with Gasteiger partial charge >= 0.3 is 0 Å². The van der Waals surface area contributed by atoms with Gasteiger partial charge in [-0.25, -0.2) is 0 Å². The molecule has 1 heteroatoms. The van der Waals surface area contributed by atoms with Crippen LogP contribution in [0.2, 0.25) is 0 Å². The van der Waals surface area contributed by atoms with Crippen LogP contribution in [0.3, 0.4) is 0 Å². The van der Waals surface area contributed by atoms with Crippen molar-refractivity contribution in [1.29, 1.82) is 0 Å². The first kappa shape index (κ1) is 20.3. The summed E-state index contributed by atoms with van der Waals surface area (Å²) in [6.45, 7) is 13.0. The van der Waals surface area contributed by atoms with Crippen molar-refractivity contribution in [3.63, 3.8) is 0 Å². The van der Waals surface area contributed by atoms with E-state index in [9.17, 15) is 5.11 Å². The highest BCUT2D eigenvalue weighted by Crippen LogP contribution is 2.66. The van der Waals surface area contributed by atoms with Crippen molar-refractivity contribution >= 4 is 0 Å². The summed E-state index contributed by atoms with van der Waals surface area (Å²) in [6, 6.07) is 0. The van der Waals surface area contributed by atoms with E-state index in [0.29, 0.717) is 5.41 Å². The van der Waals surface area contributed by atoms with Crippen LogP contribution in [-0.4, -0.2) is 11.2 Å². The number of aliphatic hydroxyl groups is 1. The van der Waals surface area contributed by atoms with Gasteiger partial charge in [0.2, 0.25) is 0 Å². The van der Waals surface area contributed by atoms with Crippen molar-refractivity contribution in [2.45, 2.75) is 112 Å². The standard InChI is InChI=1S/C19H32O.2C2H6/c1-18-11-4-3-5-13(18)6-7-14-15-8-9-17(20)19(15,2)12-10-16(14)18;2*1-2/h13-17,20H,3-12H2,1-2H3;2*1-2H3/t13?,14?,15?,16?,17?,18-,19?;;/m0../s1. The van der Waals surface area contributed by atoms with Gasteiger partial charge in [-0.3, -0.25) is 0 Å². The van der Waals surface area contributed by atoms with Crippen LogP contribution < -0.4 is 0 Å². The minimum atomic E-state index is -0.00895. The second-order valence-corrected chi connectivity index (χ2v) is 9.04. The maximum atomic E-state index is 10.5. The van der Waals surface area contributed by atoms with E-state index in [1.807, 2.05) is 27.7 Å². The van der Waals surface area contributed by atoms with Crippen LogP contribution in [0, 0.1) is 34.5 Å². The first-order valence-corrected chi connectivity index (χ1v) is 11.2. The normalized spacial score (nSPS) is 49.4. The molecule has 7 atom stereocenters. The fraction of sp³-hybridized carbons (Fsp3) is 1.00. The average molecular weight is 337 g/mol. The van der Waals surface area contributed by atoms with Gasteiger partial charge in [-0.15, -0.1) is 0 Å². The predicted octanol–water partition coefficient (Wildman–Crippen LogP) is 6.83. The van der Waals surface area contributed by atoms with E-state index in [2.05, 4.69) is 13.8 Å². The molecule has 0 spiro atoms. The van der Waals surface area contributed by atoms with E-state index >= 15 is 0 Å². The molecule has 1 N–H and O–H groups in total. The van der Waals surface area contributed by atoms with Crippen LogP contribution in [0.5, 0.6) is 0 Å². The number of fused-ring (bicyclic) bond motifs is 5. The predicted molar refractivity (Wildman–Crippen MR) is 105 cm³/mol. The number of aliphatic hydroxyl groups excluding tert-OH is 1. The van der Waals surface area contributed by atoms with Crippen LogP contribution >= 0.6 is 0 Å². The minimum absolute atomic E-state index is 0.00895. The topological polar surface area (TPSA) is 20.2 Å². The van der Waals surface area contributed by atoms with Crippen molar-refractivity contribution in [2.75, 3.05) is 0 Å². The Morgan fingerprint density at radius 2 is 1.33 bits per heavy atom. The molecule has 0 bridgehead atoms. The molecule has 0 aromatic heterocycles. The Balaban J connectivity index is 0.000000487. The van der Waals surface area contributed by atoms with E-state index < -0.39 is 0 Å². The van der Waals surface area contributed by atoms with Crippen molar-refractivity contribution in [3.05, 3.63) is 0 Å². The number of hydrogen-bond acceptors (Lipinski definition) is 1. The lowest BCUT2D eigenvalue weighted by Crippen LogP contribution is -2.53. The molecule has 24 heavy (non-hydrogen) atoms. The van der Waals surface area contributed by atoms with E-state index in [-0.39, 0.29) is 11.5 Å². The molecule has 6 unspecified atom stereocenters. The molecular formula is C23H44O. The zero-order valence-electron chi connectivity index (χ0n) is 17.4. The minimum Gasteiger partial charge on any atom is -0.393 e. The van der Waals surface area contributed by atoms with Crippen LogP contribution in [0.4, 0.5) is 0 Å². The Labute approximate surface area is 152 Å². The van der Waals surface area contributed by atoms with Gasteiger partial charge in [0.25, 0.3) is 0 Å². The Kier molecular flexibility index (Phi) is 6.85. The molecule has 0 aliphatic heterocycles. The van der Waals surface area contributed by atoms with Gasteiger partial charge in [0, 0.05) is 0 Å². The molecule has 0 amide bonds. The third-order valence-corrected chi connectivity index (χ3v) is 8.53. The second-order valence-electron chi connectivity index (χ2n) is 9.04. The first-order chi connectivity index (χ1) is 11.6. The molecule has 4 fully saturated rings. The largest absolute Gasteiger partial charge is 0.393 e. The van der Waals surface area contributed by atoms with Gasteiger partial charge in [0.15, 0.2) is 0 Å². The van der Waals surface area contributed by atoms with Gasteiger partial charge in [-0.05, 0) is 85.9 Å². The zero-order valence-corrected chi connectivity index (χ0v) is 17.4. The highest BCUT2D eigenvalue weighted by Gasteiger charge is 2.59. The molecular weight excluding hydrogens is 292 g/mol. The van der Waals surface area contributed by atoms with Crippen LogP contribution in [0.25, 0.3) is 0 Å². The lowest BCUT2D eigenvalue weighted by atomic mass is 9.45. The third kappa shape index (κ3) is 3.08. The highest BCUT2D eigenvalue weighted by atomic mass is 16.3. The average Bonchev–Trinajstić information content (AvgIpc) is 2.93. The monoisotopic (exact) mass is 336 g/mol. The highest BCUT2D eigenvalue weighted by molar-refractivity contribution is 5.08. The first-order valence-electron chi connectivity index (χ1n) is 11.2. The molecule has 4 aliphatic rings. The summed E-state index contributed by atoms with van der Waals surface area (Å²) in [5, 5.41) is 10.5. The maximum Gasteiger partial charge on any atom is 0.0596 e. The number of rotatable bonds is 0. The van der Waals surface area contributed by atoms with E-state index in [4.69, 9.17) is 0 Å². The van der Waals surface area contributed by atoms with E-state index in [0.717, 1.165) is 30.1 Å². The van der Waals surface area contributed by atoms with Crippen LogP contribution in [-0.2, 0) is 0 Å². The quantitative estimate of drug-likeness (QED) is 0.514. The lowest BCUT2D eigenvalue weighted by molar-refractivity contribution is -0.120. The molecule has 4 saturated carbocycles. The molecule has 0 aromatic carbocycles. The fourth-order valence-corrected chi connectivity index (χ4v) is 7.27. The van der Waals surface area contributed by atoms with Gasteiger partial charge in [-0.1, -0.05) is 54.4 Å². The summed E-state index contributed by atoms with van der Waals surface area (Å²) in [4.78, 5) is 0. The SMILES string of the molecule is CC.CC.CC12CCC3C(CCC4CCCC[C@@]43C)C1CCC2O. The van der Waals surface area contributed by atoms with Gasteiger partial charge in [-0.2, -0.15) is 0 Å². The van der Waals surface area contributed by atoms with Crippen molar-refractivity contribution < 1.29 is 5.11 Å². The van der Waals surface area contributed by atoms with E-state index in [1.54, 1.807) is 0 Å². The van der Waals surface area contributed by atoms with Crippen molar-refractivity contribution in [2.24, 2.45) is 34.5 Å². The fourth-order valence-electron chi connectivity index (χ4n) is 7.27. The van der Waals surface area contributed by atoms with Crippen LogP contribution in [0.1, 0.15) is 106 Å². The van der Waals surface area contributed by atoms with Gasteiger partial charge < -0.3 is 5.11 Å². The summed E-state index contributed by atoms with van der Waals surface area (Å²) in [5.74, 6) is 3.76. The second kappa shape index (κ2) is 8.11. The molecule has 1 nitrogen and oxygen atoms in total. The third-order valence-electron chi connectivity index (χ3n) is 8.53. The summed E-state index contributed by atoms with van der Waals surface area (Å²) in [7, 11) is 0. The summed E-state index contributed by atoms with van der Waals surface area (Å²) in [6.07, 6.45) is 14.0. The van der Waals surface area contributed by atoms with Crippen molar-refractivity contribution in [3.8, 4) is 0 Å². The molecule has 0 saturated heterocycles. The Hall–Kier alpha value is -0.0400. The Morgan fingerprint density at radius 1 is 0.667 bits per heavy atom. The summed E-state index contributed by atoms with van der Waals surface area (Å²) in [5.41, 5.74) is 0.912. The molecule has 0 heterocycles.